The molecule has 0 saturated carbocycles. The van der Waals surface area contributed by atoms with Gasteiger partial charge in [-0.1, -0.05) is 6.08 Å². The largest absolute Gasteiger partial charge is 0.497 e. The molecule has 25 heavy (non-hydrogen) atoms. The molecule has 3 aliphatic heterocycles. The zero-order valence-corrected chi connectivity index (χ0v) is 16.2. The number of hydrogen-bond acceptors (Lipinski definition) is 4. The molecule has 3 saturated heterocycles. The molecule has 0 amide bonds. The van der Waals surface area contributed by atoms with Crippen LogP contribution < -0.4 is 4.74 Å². The average Bonchev–Trinajstić information content (AvgIpc) is 2.66. The van der Waals surface area contributed by atoms with E-state index in [0.29, 0.717) is 11.8 Å². The van der Waals surface area contributed by atoms with Crippen molar-refractivity contribution in [3.05, 3.63) is 48.7 Å². The van der Waals surface area contributed by atoms with Crippen LogP contribution in [0.5, 0.6) is 5.75 Å². The molecular weight excluding hydrogens is 380 g/mol. The maximum absolute atomic E-state index is 11.2. The molecule has 0 spiro atoms. The number of fused-ring (bicyclic) bond motifs is 4. The topological polar surface area (TPSA) is 45.6 Å². The molecule has 1 N–H and O–H groups in total. The third kappa shape index (κ3) is 3.21. The highest BCUT2D eigenvalue weighted by molar-refractivity contribution is 8.93. The van der Waals surface area contributed by atoms with Gasteiger partial charge in [-0.15, -0.1) is 23.6 Å². The van der Waals surface area contributed by atoms with Crippen molar-refractivity contribution in [2.24, 2.45) is 11.8 Å². The van der Waals surface area contributed by atoms with Gasteiger partial charge in [-0.3, -0.25) is 9.88 Å². The van der Waals surface area contributed by atoms with Crippen molar-refractivity contribution in [3.8, 4) is 5.75 Å². The monoisotopic (exact) mass is 404 g/mol. The van der Waals surface area contributed by atoms with Crippen LogP contribution in [-0.4, -0.2) is 41.2 Å². The van der Waals surface area contributed by atoms with Crippen LogP contribution in [0.25, 0.3) is 10.9 Å². The third-order valence-electron chi connectivity index (χ3n) is 5.82. The molecule has 4 nitrogen and oxygen atoms in total. The van der Waals surface area contributed by atoms with Crippen molar-refractivity contribution < 1.29 is 9.84 Å². The number of benzene rings is 1. The van der Waals surface area contributed by atoms with Gasteiger partial charge in [0.1, 0.15) is 5.75 Å². The number of halogens is 1. The van der Waals surface area contributed by atoms with E-state index in [9.17, 15) is 5.11 Å². The zero-order chi connectivity index (χ0) is 16.7. The average molecular weight is 405 g/mol. The summed E-state index contributed by atoms with van der Waals surface area (Å²) in [5, 5.41) is 12.1. The highest BCUT2D eigenvalue weighted by Crippen LogP contribution is 2.42. The lowest BCUT2D eigenvalue weighted by Gasteiger charge is -2.50. The fourth-order valence-corrected chi connectivity index (χ4v) is 4.44. The molecule has 1 aromatic carbocycles. The van der Waals surface area contributed by atoms with Crippen molar-refractivity contribution in [3.63, 3.8) is 0 Å². The summed E-state index contributed by atoms with van der Waals surface area (Å²) < 4.78 is 5.35. The lowest BCUT2D eigenvalue weighted by atomic mass is 9.73. The van der Waals surface area contributed by atoms with Crippen LogP contribution in [0.2, 0.25) is 0 Å². The summed E-state index contributed by atoms with van der Waals surface area (Å²) in [7, 11) is 1.66. The van der Waals surface area contributed by atoms with E-state index < -0.39 is 6.10 Å². The predicted molar refractivity (Wildman–Crippen MR) is 105 cm³/mol. The van der Waals surface area contributed by atoms with Crippen LogP contribution in [0.1, 0.15) is 24.5 Å². The van der Waals surface area contributed by atoms with Crippen LogP contribution in [0, 0.1) is 11.8 Å². The van der Waals surface area contributed by atoms with Gasteiger partial charge >= 0.3 is 0 Å². The van der Waals surface area contributed by atoms with E-state index in [-0.39, 0.29) is 23.0 Å². The number of pyridine rings is 1. The summed E-state index contributed by atoms with van der Waals surface area (Å²) in [6, 6.07) is 7.96. The Labute approximate surface area is 159 Å². The zero-order valence-electron chi connectivity index (χ0n) is 14.5. The third-order valence-corrected chi connectivity index (χ3v) is 5.82. The summed E-state index contributed by atoms with van der Waals surface area (Å²) in [4.78, 5) is 6.86. The molecule has 0 radical (unpaired) electrons. The fourth-order valence-electron chi connectivity index (χ4n) is 4.44. The van der Waals surface area contributed by atoms with Gasteiger partial charge < -0.3 is 9.84 Å². The smallest absolute Gasteiger partial charge is 0.119 e. The lowest BCUT2D eigenvalue weighted by molar-refractivity contribution is -0.0444. The highest BCUT2D eigenvalue weighted by Gasteiger charge is 2.42. The number of aliphatic hydroxyl groups excluding tert-OH is 1. The van der Waals surface area contributed by atoms with E-state index in [1.54, 1.807) is 13.3 Å². The summed E-state index contributed by atoms with van der Waals surface area (Å²) in [6.07, 6.45) is 5.62. The Kier molecular flexibility index (Phi) is 5.46. The van der Waals surface area contributed by atoms with Crippen molar-refractivity contribution in [2.75, 3.05) is 20.2 Å². The van der Waals surface area contributed by atoms with Crippen LogP contribution >= 0.6 is 17.0 Å². The van der Waals surface area contributed by atoms with Crippen LogP contribution in [-0.2, 0) is 0 Å². The quantitative estimate of drug-likeness (QED) is 0.788. The molecule has 3 fully saturated rings. The SMILES string of the molecule is Br.C=C[C@@H]1CN2CC[C@H]1C[C@H]2[C@H](O)c1ccnc2ccc(OC)cc12. The Bertz CT molecular complexity index is 766. The van der Waals surface area contributed by atoms with Gasteiger partial charge in [0.15, 0.2) is 0 Å². The van der Waals surface area contributed by atoms with Gasteiger partial charge in [0, 0.05) is 24.2 Å². The van der Waals surface area contributed by atoms with Gasteiger partial charge in [-0.2, -0.15) is 0 Å². The molecule has 0 aliphatic carbocycles. The van der Waals surface area contributed by atoms with Gasteiger partial charge in [0.25, 0.3) is 0 Å². The summed E-state index contributed by atoms with van der Waals surface area (Å²) in [6.45, 7) is 6.07. The Hall–Kier alpha value is -1.43. The second-order valence-corrected chi connectivity index (χ2v) is 6.97. The van der Waals surface area contributed by atoms with Crippen LogP contribution in [0.3, 0.4) is 0 Å². The fraction of sp³-hybridized carbons (Fsp3) is 0.450. The van der Waals surface area contributed by atoms with Gasteiger partial charge in [0.2, 0.25) is 0 Å². The number of hydrogen-bond donors (Lipinski definition) is 1. The van der Waals surface area contributed by atoms with E-state index in [2.05, 4.69) is 22.5 Å². The molecule has 5 heteroatoms. The number of methoxy groups -OCH3 is 1. The van der Waals surface area contributed by atoms with E-state index in [0.717, 1.165) is 41.7 Å². The number of rotatable bonds is 4. The number of ether oxygens (including phenoxy) is 1. The number of aliphatic hydroxyl groups is 1. The number of piperidine rings is 3. The molecule has 2 bridgehead atoms. The minimum Gasteiger partial charge on any atom is -0.497 e. The molecule has 1 unspecified atom stereocenters. The van der Waals surface area contributed by atoms with Crippen LogP contribution in [0.15, 0.2) is 43.1 Å². The molecule has 3 aliphatic rings. The van der Waals surface area contributed by atoms with Gasteiger partial charge in [-0.25, -0.2) is 0 Å². The van der Waals surface area contributed by atoms with Crippen molar-refractivity contribution in [1.29, 1.82) is 0 Å². The molecule has 1 aromatic heterocycles. The Morgan fingerprint density at radius 1 is 1.40 bits per heavy atom. The molecule has 5 atom stereocenters. The standard InChI is InChI=1S/C20H24N2O2.BrH/c1-3-13-12-22-9-7-14(13)10-19(22)20(23)16-6-8-21-18-5-4-15(24-2)11-17(16)18;/h3-6,8,11,13-14,19-20,23H,1,7,9-10,12H2,2H3;1H/t13-,14+,19+,20-;/m1./s1. The van der Waals surface area contributed by atoms with Crippen LogP contribution in [0.4, 0.5) is 0 Å². The first kappa shape index (κ1) is 18.4. The van der Waals surface area contributed by atoms with Crippen molar-refractivity contribution in [1.82, 2.24) is 9.88 Å². The number of nitrogens with zero attached hydrogens (tertiary/aromatic N) is 2. The van der Waals surface area contributed by atoms with Gasteiger partial charge in [-0.05, 0) is 61.1 Å². The Morgan fingerprint density at radius 2 is 2.24 bits per heavy atom. The number of aromatic nitrogens is 1. The molecule has 134 valence electrons. The molecular formula is C20H25BrN2O2. The van der Waals surface area contributed by atoms with Gasteiger partial charge in [0.05, 0.1) is 18.7 Å². The Morgan fingerprint density at radius 3 is 2.92 bits per heavy atom. The van der Waals surface area contributed by atoms with Crippen molar-refractivity contribution >= 4 is 27.9 Å². The molecule has 2 aromatic rings. The first-order chi connectivity index (χ1) is 11.7. The highest BCUT2D eigenvalue weighted by atomic mass is 79.9. The summed E-state index contributed by atoms with van der Waals surface area (Å²) in [5.41, 5.74) is 1.85. The first-order valence-electron chi connectivity index (χ1n) is 8.68. The molecule has 5 rings (SSSR count). The molecule has 4 heterocycles. The normalized spacial score (nSPS) is 29.0. The van der Waals surface area contributed by atoms with E-state index in [1.165, 1.54) is 6.42 Å². The summed E-state index contributed by atoms with van der Waals surface area (Å²) in [5.74, 6) is 2.01. The maximum Gasteiger partial charge on any atom is 0.119 e. The first-order valence-corrected chi connectivity index (χ1v) is 8.68. The Balaban J connectivity index is 0.00000182. The second-order valence-electron chi connectivity index (χ2n) is 6.97. The van der Waals surface area contributed by atoms with E-state index >= 15 is 0 Å². The summed E-state index contributed by atoms with van der Waals surface area (Å²) >= 11 is 0. The minimum atomic E-state index is -0.504. The maximum atomic E-state index is 11.2. The predicted octanol–water partition coefficient (Wildman–Crippen LogP) is 3.75. The van der Waals surface area contributed by atoms with Crippen molar-refractivity contribution in [2.45, 2.75) is 25.0 Å². The van der Waals surface area contributed by atoms with E-state index in [1.807, 2.05) is 24.3 Å². The lowest BCUT2D eigenvalue weighted by Crippen LogP contribution is -2.54. The second kappa shape index (κ2) is 7.44. The van der Waals surface area contributed by atoms with E-state index in [4.69, 9.17) is 4.74 Å². The minimum absolute atomic E-state index is 0.